The molecule has 2 heteroatoms. The molecule has 0 bridgehead atoms. The third-order valence-electron chi connectivity index (χ3n) is 3.00. The molecule has 0 aliphatic carbocycles. The van der Waals surface area contributed by atoms with Crippen LogP contribution in [-0.2, 0) is 4.79 Å². The van der Waals surface area contributed by atoms with Gasteiger partial charge in [0.1, 0.15) is 0 Å². The fraction of sp³-hybridized carbons (Fsp3) is 0.909. The largest absolute Gasteiger partial charge is 0.319 e. The van der Waals surface area contributed by atoms with E-state index < -0.39 is 5.54 Å². The molecule has 13 heavy (non-hydrogen) atoms. The normalized spacial score (nSPS) is 15.8. The topological polar surface area (TPSA) is 43.1 Å². The van der Waals surface area contributed by atoms with Gasteiger partial charge in [0.05, 0.1) is 5.54 Å². The van der Waals surface area contributed by atoms with Crippen LogP contribution in [0.1, 0.15) is 53.4 Å². The standard InChI is InChI=1S/C11H23NO/c1-5-9(6-2)8-10(13)11(4,12)7-3/h9H,5-8,12H2,1-4H3. The molecule has 0 aromatic heterocycles. The van der Waals surface area contributed by atoms with Crippen molar-refractivity contribution in [1.82, 2.24) is 0 Å². The number of Topliss-reactive ketones (excluding diaryl/α,β-unsaturated/α-hetero) is 1. The fourth-order valence-corrected chi connectivity index (χ4v) is 1.27. The Balaban J connectivity index is 4.13. The zero-order chi connectivity index (χ0) is 10.5. The van der Waals surface area contributed by atoms with Crippen molar-refractivity contribution in [1.29, 1.82) is 0 Å². The first-order valence-electron chi connectivity index (χ1n) is 5.30. The molecule has 2 nitrogen and oxygen atoms in total. The molecule has 78 valence electrons. The molecular weight excluding hydrogens is 162 g/mol. The van der Waals surface area contributed by atoms with E-state index in [0.717, 1.165) is 19.3 Å². The van der Waals surface area contributed by atoms with Gasteiger partial charge < -0.3 is 5.73 Å². The van der Waals surface area contributed by atoms with E-state index in [1.807, 2.05) is 13.8 Å². The van der Waals surface area contributed by atoms with Crippen molar-refractivity contribution in [2.75, 3.05) is 0 Å². The van der Waals surface area contributed by atoms with Gasteiger partial charge in [-0.25, -0.2) is 0 Å². The van der Waals surface area contributed by atoms with E-state index in [1.165, 1.54) is 0 Å². The Morgan fingerprint density at radius 1 is 1.31 bits per heavy atom. The lowest BCUT2D eigenvalue weighted by molar-refractivity contribution is -0.124. The highest BCUT2D eigenvalue weighted by atomic mass is 16.1. The minimum absolute atomic E-state index is 0.212. The van der Waals surface area contributed by atoms with Crippen LogP contribution >= 0.6 is 0 Å². The van der Waals surface area contributed by atoms with Crippen LogP contribution in [-0.4, -0.2) is 11.3 Å². The monoisotopic (exact) mass is 185 g/mol. The van der Waals surface area contributed by atoms with Gasteiger partial charge in [-0.2, -0.15) is 0 Å². The molecule has 0 heterocycles. The molecular formula is C11H23NO. The Morgan fingerprint density at radius 2 is 1.77 bits per heavy atom. The minimum atomic E-state index is -0.609. The number of nitrogens with two attached hydrogens (primary N) is 1. The molecule has 1 unspecified atom stereocenters. The highest BCUT2D eigenvalue weighted by Gasteiger charge is 2.26. The van der Waals surface area contributed by atoms with Crippen molar-refractivity contribution in [3.05, 3.63) is 0 Å². The van der Waals surface area contributed by atoms with Crippen molar-refractivity contribution < 1.29 is 4.79 Å². The maximum Gasteiger partial charge on any atom is 0.152 e. The van der Waals surface area contributed by atoms with Gasteiger partial charge >= 0.3 is 0 Å². The molecule has 0 rings (SSSR count). The Bertz CT molecular complexity index is 159. The molecule has 0 aromatic rings. The molecule has 0 saturated heterocycles. The lowest BCUT2D eigenvalue weighted by atomic mass is 9.86. The highest BCUT2D eigenvalue weighted by molar-refractivity contribution is 5.87. The third-order valence-corrected chi connectivity index (χ3v) is 3.00. The van der Waals surface area contributed by atoms with E-state index in [9.17, 15) is 4.79 Å². The molecule has 0 spiro atoms. The van der Waals surface area contributed by atoms with Gasteiger partial charge in [-0.1, -0.05) is 33.6 Å². The van der Waals surface area contributed by atoms with E-state index in [0.29, 0.717) is 12.3 Å². The molecule has 0 aliphatic rings. The number of hydrogen-bond acceptors (Lipinski definition) is 2. The van der Waals surface area contributed by atoms with Gasteiger partial charge in [-0.15, -0.1) is 0 Å². The van der Waals surface area contributed by atoms with Crippen LogP contribution < -0.4 is 5.73 Å². The second-order valence-electron chi connectivity index (χ2n) is 4.08. The Hall–Kier alpha value is -0.370. The van der Waals surface area contributed by atoms with Gasteiger partial charge in [0, 0.05) is 6.42 Å². The fourth-order valence-electron chi connectivity index (χ4n) is 1.27. The Morgan fingerprint density at radius 3 is 2.08 bits per heavy atom. The van der Waals surface area contributed by atoms with Crippen LogP contribution in [0, 0.1) is 5.92 Å². The second kappa shape index (κ2) is 5.38. The summed E-state index contributed by atoms with van der Waals surface area (Å²) in [6.45, 7) is 8.05. The highest BCUT2D eigenvalue weighted by Crippen LogP contribution is 2.18. The molecule has 0 saturated carbocycles. The molecule has 0 aromatic carbocycles. The maximum absolute atomic E-state index is 11.7. The molecule has 0 amide bonds. The summed E-state index contributed by atoms with van der Waals surface area (Å²) in [6, 6.07) is 0. The van der Waals surface area contributed by atoms with Crippen molar-refractivity contribution in [2.24, 2.45) is 11.7 Å². The average molecular weight is 185 g/mol. The zero-order valence-electron chi connectivity index (χ0n) is 9.39. The number of carbonyl (C=O) groups is 1. The number of ketones is 1. The number of carbonyl (C=O) groups excluding carboxylic acids is 1. The molecule has 1 atom stereocenters. The Kier molecular flexibility index (Phi) is 5.23. The molecule has 0 fully saturated rings. The average Bonchev–Trinajstić information content (AvgIpc) is 2.13. The summed E-state index contributed by atoms with van der Waals surface area (Å²) >= 11 is 0. The van der Waals surface area contributed by atoms with Gasteiger partial charge in [-0.05, 0) is 19.3 Å². The van der Waals surface area contributed by atoms with Crippen molar-refractivity contribution in [3.8, 4) is 0 Å². The summed E-state index contributed by atoms with van der Waals surface area (Å²) in [5.41, 5.74) is 5.26. The van der Waals surface area contributed by atoms with Gasteiger partial charge in [0.15, 0.2) is 5.78 Å². The summed E-state index contributed by atoms with van der Waals surface area (Å²) in [4.78, 5) is 11.7. The van der Waals surface area contributed by atoms with E-state index in [1.54, 1.807) is 0 Å². The van der Waals surface area contributed by atoms with Crippen LogP contribution in [0.25, 0.3) is 0 Å². The van der Waals surface area contributed by atoms with E-state index >= 15 is 0 Å². The van der Waals surface area contributed by atoms with Gasteiger partial charge in [-0.3, -0.25) is 4.79 Å². The van der Waals surface area contributed by atoms with Crippen LogP contribution in [0.5, 0.6) is 0 Å². The van der Waals surface area contributed by atoms with Crippen molar-refractivity contribution in [2.45, 2.75) is 58.9 Å². The zero-order valence-corrected chi connectivity index (χ0v) is 9.39. The predicted octanol–water partition coefficient (Wildman–Crippen LogP) is 2.51. The summed E-state index contributed by atoms with van der Waals surface area (Å²) in [5, 5.41) is 0. The van der Waals surface area contributed by atoms with Crippen LogP contribution in [0.15, 0.2) is 0 Å². The van der Waals surface area contributed by atoms with Crippen LogP contribution in [0.3, 0.4) is 0 Å². The van der Waals surface area contributed by atoms with E-state index in [-0.39, 0.29) is 5.78 Å². The molecule has 2 N–H and O–H groups in total. The number of rotatable bonds is 6. The predicted molar refractivity (Wildman–Crippen MR) is 56.6 cm³/mol. The van der Waals surface area contributed by atoms with Crippen LogP contribution in [0.2, 0.25) is 0 Å². The third kappa shape index (κ3) is 3.90. The Labute approximate surface area is 81.9 Å². The maximum atomic E-state index is 11.7. The SMILES string of the molecule is CCC(CC)CC(=O)C(C)(N)CC. The minimum Gasteiger partial charge on any atom is -0.319 e. The summed E-state index contributed by atoms with van der Waals surface area (Å²) < 4.78 is 0. The lowest BCUT2D eigenvalue weighted by Gasteiger charge is -2.23. The number of hydrogen-bond donors (Lipinski definition) is 1. The first-order valence-corrected chi connectivity index (χ1v) is 5.30. The van der Waals surface area contributed by atoms with Crippen molar-refractivity contribution in [3.63, 3.8) is 0 Å². The first-order chi connectivity index (χ1) is 5.97. The molecule has 0 aliphatic heterocycles. The quantitative estimate of drug-likeness (QED) is 0.691. The second-order valence-corrected chi connectivity index (χ2v) is 4.08. The van der Waals surface area contributed by atoms with Crippen molar-refractivity contribution >= 4 is 5.78 Å². The molecule has 0 radical (unpaired) electrons. The lowest BCUT2D eigenvalue weighted by Crippen LogP contribution is -2.44. The van der Waals surface area contributed by atoms with Gasteiger partial charge in [0.2, 0.25) is 0 Å². The van der Waals surface area contributed by atoms with Gasteiger partial charge in [0.25, 0.3) is 0 Å². The smallest absolute Gasteiger partial charge is 0.152 e. The van der Waals surface area contributed by atoms with E-state index in [4.69, 9.17) is 5.73 Å². The summed E-state index contributed by atoms with van der Waals surface area (Å²) in [6.07, 6.45) is 3.52. The summed E-state index contributed by atoms with van der Waals surface area (Å²) in [7, 11) is 0. The van der Waals surface area contributed by atoms with Crippen LogP contribution in [0.4, 0.5) is 0 Å². The first kappa shape index (κ1) is 12.6. The summed E-state index contributed by atoms with van der Waals surface area (Å²) in [5.74, 6) is 0.727. The van der Waals surface area contributed by atoms with E-state index in [2.05, 4.69) is 13.8 Å².